The van der Waals surface area contributed by atoms with Crippen molar-refractivity contribution in [2.75, 3.05) is 18.4 Å². The van der Waals surface area contributed by atoms with E-state index >= 15 is 0 Å². The fraction of sp³-hybridized carbons (Fsp3) is 0.316. The summed E-state index contributed by atoms with van der Waals surface area (Å²) in [6, 6.07) is 9.75. The van der Waals surface area contributed by atoms with Crippen LogP contribution in [-0.2, 0) is 6.54 Å². The maximum Gasteiger partial charge on any atom is 0.255 e. The Kier molecular flexibility index (Phi) is 6.10. The lowest BCUT2D eigenvalue weighted by Gasteiger charge is -2.27. The third kappa shape index (κ3) is 4.81. The fourth-order valence-corrected chi connectivity index (χ4v) is 3.46. The van der Waals surface area contributed by atoms with Crippen molar-refractivity contribution in [1.29, 1.82) is 0 Å². The highest BCUT2D eigenvalue weighted by atomic mass is 79.9. The van der Waals surface area contributed by atoms with Crippen LogP contribution >= 0.6 is 27.5 Å². The molecule has 1 heterocycles. The third-order valence-corrected chi connectivity index (χ3v) is 5.41. The average Bonchev–Trinajstić information content (AvgIpc) is 2.61. The summed E-state index contributed by atoms with van der Waals surface area (Å²) in [6.45, 7) is 3.00. The van der Waals surface area contributed by atoms with Crippen LogP contribution in [0.3, 0.4) is 0 Å². The second kappa shape index (κ2) is 8.30. The van der Waals surface area contributed by atoms with Gasteiger partial charge >= 0.3 is 0 Å². The number of carbonyl (C=O) groups excluding carboxylic acids is 1. The largest absolute Gasteiger partial charge is 0.322 e. The van der Waals surface area contributed by atoms with E-state index in [1.165, 1.54) is 31.4 Å². The highest BCUT2D eigenvalue weighted by Gasteiger charge is 2.14. The smallest absolute Gasteiger partial charge is 0.255 e. The van der Waals surface area contributed by atoms with E-state index in [1.807, 2.05) is 12.1 Å². The lowest BCUT2D eigenvalue weighted by molar-refractivity contribution is 0.102. The molecule has 1 aliphatic rings. The first-order chi connectivity index (χ1) is 12.0. The van der Waals surface area contributed by atoms with Crippen molar-refractivity contribution in [3.05, 3.63) is 62.8 Å². The second-order valence-electron chi connectivity index (χ2n) is 6.23. The van der Waals surface area contributed by atoms with Crippen LogP contribution in [0.5, 0.6) is 0 Å². The number of benzene rings is 2. The van der Waals surface area contributed by atoms with Crippen LogP contribution in [-0.4, -0.2) is 23.9 Å². The van der Waals surface area contributed by atoms with Crippen molar-refractivity contribution < 1.29 is 9.18 Å². The number of rotatable bonds is 4. The van der Waals surface area contributed by atoms with Crippen LogP contribution in [0, 0.1) is 5.82 Å². The first-order valence-corrected chi connectivity index (χ1v) is 9.47. The molecule has 0 bridgehead atoms. The molecule has 0 radical (unpaired) electrons. The first-order valence-electron chi connectivity index (χ1n) is 8.30. The predicted octanol–water partition coefficient (Wildman–Crippen LogP) is 5.48. The zero-order valence-corrected chi connectivity index (χ0v) is 16.0. The third-order valence-electron chi connectivity index (χ3n) is 4.33. The molecule has 1 N–H and O–H groups in total. The molecule has 1 saturated heterocycles. The van der Waals surface area contributed by atoms with E-state index in [0.717, 1.165) is 29.7 Å². The van der Waals surface area contributed by atoms with E-state index in [0.29, 0.717) is 11.3 Å². The molecule has 0 aromatic heterocycles. The number of hydrogen-bond acceptors (Lipinski definition) is 2. The number of nitrogens with zero attached hydrogens (tertiary/aromatic N) is 1. The van der Waals surface area contributed by atoms with Gasteiger partial charge in [-0.3, -0.25) is 9.69 Å². The zero-order chi connectivity index (χ0) is 17.8. The van der Waals surface area contributed by atoms with Gasteiger partial charge in [0.15, 0.2) is 0 Å². The summed E-state index contributed by atoms with van der Waals surface area (Å²) in [6.07, 6.45) is 3.73. The summed E-state index contributed by atoms with van der Waals surface area (Å²) in [5.41, 5.74) is 2.01. The minimum Gasteiger partial charge on any atom is -0.322 e. The van der Waals surface area contributed by atoms with E-state index in [2.05, 4.69) is 26.1 Å². The van der Waals surface area contributed by atoms with Crippen LogP contribution in [0.1, 0.15) is 35.2 Å². The Bertz CT molecular complexity index is 778. The topological polar surface area (TPSA) is 32.3 Å². The van der Waals surface area contributed by atoms with Crippen LogP contribution in [0.15, 0.2) is 40.9 Å². The molecule has 132 valence electrons. The van der Waals surface area contributed by atoms with Gasteiger partial charge < -0.3 is 5.32 Å². The van der Waals surface area contributed by atoms with E-state index < -0.39 is 5.82 Å². The molecule has 0 spiro atoms. The Morgan fingerprint density at radius 1 is 1.16 bits per heavy atom. The van der Waals surface area contributed by atoms with Gasteiger partial charge in [0.25, 0.3) is 5.91 Å². The van der Waals surface area contributed by atoms with E-state index in [-0.39, 0.29) is 10.9 Å². The van der Waals surface area contributed by atoms with E-state index in [1.54, 1.807) is 12.1 Å². The summed E-state index contributed by atoms with van der Waals surface area (Å²) in [4.78, 5) is 14.9. The normalized spacial score (nSPS) is 15.2. The molecule has 6 heteroatoms. The Balaban J connectivity index is 1.73. The fourth-order valence-electron chi connectivity index (χ4n) is 2.97. The average molecular weight is 426 g/mol. The first kappa shape index (κ1) is 18.4. The molecule has 0 unspecified atom stereocenters. The van der Waals surface area contributed by atoms with Crippen molar-refractivity contribution in [2.24, 2.45) is 0 Å². The minimum absolute atomic E-state index is 0.0328. The molecule has 0 atom stereocenters. The Hall–Kier alpha value is -1.43. The summed E-state index contributed by atoms with van der Waals surface area (Å²) < 4.78 is 14.5. The van der Waals surface area contributed by atoms with Crippen molar-refractivity contribution in [3.63, 3.8) is 0 Å². The number of hydrogen-bond donors (Lipinski definition) is 1. The number of amides is 1. The van der Waals surface area contributed by atoms with Gasteiger partial charge in [0, 0.05) is 22.3 Å². The summed E-state index contributed by atoms with van der Waals surface area (Å²) in [7, 11) is 0. The van der Waals surface area contributed by atoms with Gasteiger partial charge in [0.05, 0.1) is 5.02 Å². The molecule has 3 rings (SSSR count). The van der Waals surface area contributed by atoms with Gasteiger partial charge in [-0.05, 0) is 67.9 Å². The van der Waals surface area contributed by atoms with Crippen LogP contribution in [0.25, 0.3) is 0 Å². The zero-order valence-electron chi connectivity index (χ0n) is 13.7. The van der Waals surface area contributed by atoms with Crippen molar-refractivity contribution in [3.8, 4) is 0 Å². The lowest BCUT2D eigenvalue weighted by atomic mass is 10.1. The molecule has 0 aliphatic carbocycles. The summed E-state index contributed by atoms with van der Waals surface area (Å²) >= 11 is 9.24. The quantitative estimate of drug-likeness (QED) is 0.703. The van der Waals surface area contributed by atoms with Gasteiger partial charge in [-0.2, -0.15) is 0 Å². The summed E-state index contributed by atoms with van der Waals surface area (Å²) in [5, 5.41) is 2.74. The van der Waals surface area contributed by atoms with E-state index in [9.17, 15) is 9.18 Å². The maximum atomic E-state index is 13.5. The van der Waals surface area contributed by atoms with Gasteiger partial charge in [-0.25, -0.2) is 4.39 Å². The molecule has 0 saturated carbocycles. The van der Waals surface area contributed by atoms with E-state index in [4.69, 9.17) is 11.6 Å². The number of piperidine rings is 1. The molecular weight excluding hydrogens is 407 g/mol. The second-order valence-corrected chi connectivity index (χ2v) is 7.49. The number of anilines is 1. The molecule has 25 heavy (non-hydrogen) atoms. The van der Waals surface area contributed by atoms with Crippen molar-refractivity contribution in [1.82, 2.24) is 4.90 Å². The molecule has 1 aliphatic heterocycles. The number of likely N-dealkylation sites (tertiary alicyclic amines) is 1. The summed E-state index contributed by atoms with van der Waals surface area (Å²) in [5.74, 6) is -0.824. The van der Waals surface area contributed by atoms with Crippen molar-refractivity contribution >= 4 is 39.1 Å². The molecule has 1 amide bonds. The van der Waals surface area contributed by atoms with Crippen LogP contribution < -0.4 is 5.32 Å². The standard InChI is InChI=1S/C19H19BrClFN2O/c20-16-6-4-13(10-14(16)12-24-8-2-1-3-9-24)19(25)23-15-5-7-17(21)18(22)11-15/h4-7,10-11H,1-3,8-9,12H2,(H,23,25). The minimum atomic E-state index is -0.555. The van der Waals surface area contributed by atoms with Gasteiger partial charge in [0.1, 0.15) is 5.82 Å². The highest BCUT2D eigenvalue weighted by molar-refractivity contribution is 9.10. The SMILES string of the molecule is O=C(Nc1ccc(Cl)c(F)c1)c1ccc(Br)c(CN2CCCCC2)c1. The van der Waals surface area contributed by atoms with Crippen molar-refractivity contribution in [2.45, 2.75) is 25.8 Å². The Morgan fingerprint density at radius 2 is 1.92 bits per heavy atom. The van der Waals surface area contributed by atoms with Gasteiger partial charge in [-0.1, -0.05) is 34.0 Å². The molecule has 3 nitrogen and oxygen atoms in total. The number of carbonyl (C=O) groups is 1. The molecule has 1 fully saturated rings. The maximum absolute atomic E-state index is 13.5. The lowest BCUT2D eigenvalue weighted by Crippen LogP contribution is -2.29. The van der Waals surface area contributed by atoms with Crippen LogP contribution in [0.2, 0.25) is 5.02 Å². The van der Waals surface area contributed by atoms with Gasteiger partial charge in [0.2, 0.25) is 0 Å². The monoisotopic (exact) mass is 424 g/mol. The number of halogens is 3. The van der Waals surface area contributed by atoms with Gasteiger partial charge in [-0.15, -0.1) is 0 Å². The number of nitrogens with one attached hydrogen (secondary N) is 1. The molecule has 2 aromatic carbocycles. The molecular formula is C19H19BrClFN2O. The molecule has 2 aromatic rings. The Labute approximate surface area is 160 Å². The Morgan fingerprint density at radius 3 is 2.64 bits per heavy atom. The van der Waals surface area contributed by atoms with Crippen LogP contribution in [0.4, 0.5) is 10.1 Å². The predicted molar refractivity (Wildman–Crippen MR) is 103 cm³/mol. The highest BCUT2D eigenvalue weighted by Crippen LogP contribution is 2.23.